The Kier molecular flexibility index (Phi) is 6.63. The number of hydrogen-bond acceptors (Lipinski definition) is 3. The van der Waals surface area contributed by atoms with E-state index in [1.807, 2.05) is 61.6 Å². The van der Waals surface area contributed by atoms with Crippen LogP contribution in [0.3, 0.4) is 0 Å². The van der Waals surface area contributed by atoms with Crippen LogP contribution in [0.2, 0.25) is 0 Å². The van der Waals surface area contributed by atoms with E-state index in [9.17, 15) is 4.79 Å². The van der Waals surface area contributed by atoms with Gasteiger partial charge in [-0.15, -0.1) is 11.3 Å². The normalized spacial score (nSPS) is 11.8. The molecule has 0 aliphatic rings. The summed E-state index contributed by atoms with van der Waals surface area (Å²) in [4.78, 5) is 14.8. The Bertz CT molecular complexity index is 860. The number of nitrogens with one attached hydrogen (secondary N) is 2. The van der Waals surface area contributed by atoms with E-state index in [1.54, 1.807) is 11.3 Å². The van der Waals surface area contributed by atoms with Gasteiger partial charge < -0.3 is 15.0 Å². The van der Waals surface area contributed by atoms with Crippen LogP contribution in [0.25, 0.3) is 0 Å². The third-order valence-electron chi connectivity index (χ3n) is 4.28. The smallest absolute Gasteiger partial charge is 0.279 e. The highest BCUT2D eigenvalue weighted by molar-refractivity contribution is 7.10. The number of amides is 1. The van der Waals surface area contributed by atoms with E-state index >= 15 is 0 Å². The number of carbonyl (C=O) groups is 1. The minimum atomic E-state index is 0.0136. The molecule has 3 rings (SSSR count). The molecule has 0 saturated carbocycles. The van der Waals surface area contributed by atoms with Crippen molar-refractivity contribution in [2.75, 3.05) is 18.9 Å². The van der Waals surface area contributed by atoms with Crippen molar-refractivity contribution in [1.29, 1.82) is 0 Å². The summed E-state index contributed by atoms with van der Waals surface area (Å²) < 4.78 is 5.77. The van der Waals surface area contributed by atoms with Gasteiger partial charge in [-0.1, -0.05) is 30.3 Å². The molecule has 27 heavy (non-hydrogen) atoms. The van der Waals surface area contributed by atoms with Crippen molar-refractivity contribution in [3.63, 3.8) is 0 Å². The predicted octanol–water partition coefficient (Wildman–Crippen LogP) is 3.29. The van der Waals surface area contributed by atoms with Gasteiger partial charge in [0.15, 0.2) is 6.54 Å². The largest absolute Gasteiger partial charge is 0.489 e. The standard InChI is InChI=1S/C22H24N2O2S/c1-17-12-13-27-21(17)14-24(2)15-22(25)23-19-8-10-20(11-9-19)26-16-18-6-4-3-5-7-18/h3-13H,14-16H2,1-2H3,(H,23,25)/p+1. The van der Waals surface area contributed by atoms with Crippen LogP contribution in [0, 0.1) is 6.92 Å². The van der Waals surface area contributed by atoms with Crippen LogP contribution in [0.15, 0.2) is 66.0 Å². The lowest BCUT2D eigenvalue weighted by Crippen LogP contribution is -3.08. The maximum Gasteiger partial charge on any atom is 0.279 e. The van der Waals surface area contributed by atoms with Crippen LogP contribution in [0.5, 0.6) is 5.75 Å². The zero-order chi connectivity index (χ0) is 19.1. The number of ether oxygens (including phenoxy) is 1. The van der Waals surface area contributed by atoms with Crippen LogP contribution in [0.1, 0.15) is 16.0 Å². The number of benzene rings is 2. The van der Waals surface area contributed by atoms with Gasteiger partial charge in [0.2, 0.25) is 0 Å². The topological polar surface area (TPSA) is 42.8 Å². The maximum atomic E-state index is 12.3. The molecule has 0 fully saturated rings. The number of rotatable bonds is 8. The Hall–Kier alpha value is -2.63. The first kappa shape index (κ1) is 19.1. The quantitative estimate of drug-likeness (QED) is 0.629. The molecule has 5 heteroatoms. The molecule has 4 nitrogen and oxygen atoms in total. The summed E-state index contributed by atoms with van der Waals surface area (Å²) in [6.45, 7) is 3.94. The number of likely N-dealkylation sites (N-methyl/N-ethyl adjacent to an activating group) is 1. The van der Waals surface area contributed by atoms with Crippen LogP contribution in [-0.4, -0.2) is 19.5 Å². The Morgan fingerprint density at radius 3 is 2.48 bits per heavy atom. The Balaban J connectivity index is 1.46. The molecule has 0 aliphatic heterocycles. The monoisotopic (exact) mass is 381 g/mol. The minimum Gasteiger partial charge on any atom is -0.489 e. The Labute approximate surface area is 164 Å². The number of aryl methyl sites for hydroxylation is 1. The first-order valence-corrected chi connectivity index (χ1v) is 9.89. The summed E-state index contributed by atoms with van der Waals surface area (Å²) in [6, 6.07) is 19.7. The fraction of sp³-hybridized carbons (Fsp3) is 0.227. The van der Waals surface area contributed by atoms with Gasteiger partial charge in [0.05, 0.1) is 11.9 Å². The molecule has 140 valence electrons. The van der Waals surface area contributed by atoms with Gasteiger partial charge in [-0.25, -0.2) is 0 Å². The number of anilines is 1. The first-order chi connectivity index (χ1) is 13.1. The summed E-state index contributed by atoms with van der Waals surface area (Å²) in [7, 11) is 2.04. The lowest BCUT2D eigenvalue weighted by molar-refractivity contribution is -0.884. The third-order valence-corrected chi connectivity index (χ3v) is 5.30. The fourth-order valence-corrected chi connectivity index (χ4v) is 3.80. The predicted molar refractivity (Wildman–Crippen MR) is 110 cm³/mol. The van der Waals surface area contributed by atoms with Gasteiger partial charge >= 0.3 is 0 Å². The van der Waals surface area contributed by atoms with E-state index in [1.165, 1.54) is 15.3 Å². The van der Waals surface area contributed by atoms with E-state index < -0.39 is 0 Å². The average Bonchev–Trinajstić information content (AvgIpc) is 3.06. The van der Waals surface area contributed by atoms with E-state index in [0.29, 0.717) is 13.2 Å². The van der Waals surface area contributed by atoms with Crippen LogP contribution in [-0.2, 0) is 17.9 Å². The molecule has 2 aromatic carbocycles. The molecule has 0 aliphatic carbocycles. The van der Waals surface area contributed by atoms with Gasteiger partial charge in [-0.2, -0.15) is 0 Å². The number of quaternary nitrogens is 1. The summed E-state index contributed by atoms with van der Waals surface area (Å²) in [5.41, 5.74) is 3.21. The molecule has 0 saturated heterocycles. The van der Waals surface area contributed by atoms with Crippen molar-refractivity contribution in [2.45, 2.75) is 20.1 Å². The molecule has 1 atom stereocenters. The number of hydrogen-bond donors (Lipinski definition) is 2. The van der Waals surface area contributed by atoms with Crippen LogP contribution >= 0.6 is 11.3 Å². The zero-order valence-corrected chi connectivity index (χ0v) is 16.5. The van der Waals surface area contributed by atoms with Gasteiger partial charge in [-0.05, 0) is 53.8 Å². The number of carbonyl (C=O) groups excluding carboxylic acids is 1. The summed E-state index contributed by atoms with van der Waals surface area (Å²) in [6.07, 6.45) is 0. The Morgan fingerprint density at radius 2 is 1.81 bits per heavy atom. The molecule has 2 N–H and O–H groups in total. The number of thiophene rings is 1. The maximum absolute atomic E-state index is 12.3. The molecule has 3 aromatic rings. The van der Waals surface area contributed by atoms with Crippen molar-refractivity contribution in [3.05, 3.63) is 82.0 Å². The Morgan fingerprint density at radius 1 is 1.07 bits per heavy atom. The van der Waals surface area contributed by atoms with Crippen molar-refractivity contribution >= 4 is 22.9 Å². The minimum absolute atomic E-state index is 0.0136. The van der Waals surface area contributed by atoms with Crippen molar-refractivity contribution < 1.29 is 14.4 Å². The van der Waals surface area contributed by atoms with E-state index in [-0.39, 0.29) is 5.91 Å². The van der Waals surface area contributed by atoms with Crippen LogP contribution in [0.4, 0.5) is 5.69 Å². The highest BCUT2D eigenvalue weighted by Gasteiger charge is 2.12. The lowest BCUT2D eigenvalue weighted by atomic mass is 10.2. The second-order valence-electron chi connectivity index (χ2n) is 6.68. The van der Waals surface area contributed by atoms with Crippen molar-refractivity contribution in [3.8, 4) is 5.75 Å². The highest BCUT2D eigenvalue weighted by atomic mass is 32.1. The highest BCUT2D eigenvalue weighted by Crippen LogP contribution is 2.17. The molecule has 1 heterocycles. The van der Waals surface area contributed by atoms with E-state index in [4.69, 9.17) is 4.74 Å². The molecular formula is C22H25N2O2S+. The van der Waals surface area contributed by atoms with E-state index in [2.05, 4.69) is 23.7 Å². The SMILES string of the molecule is Cc1ccsc1C[NH+](C)CC(=O)Nc1ccc(OCc2ccccc2)cc1. The first-order valence-electron chi connectivity index (χ1n) is 9.01. The van der Waals surface area contributed by atoms with E-state index in [0.717, 1.165) is 23.5 Å². The lowest BCUT2D eigenvalue weighted by Gasteiger charge is -2.14. The van der Waals surface area contributed by atoms with Crippen LogP contribution < -0.4 is 15.0 Å². The van der Waals surface area contributed by atoms with Gasteiger partial charge in [0.25, 0.3) is 5.91 Å². The van der Waals surface area contributed by atoms with Crippen molar-refractivity contribution in [1.82, 2.24) is 0 Å². The summed E-state index contributed by atoms with van der Waals surface area (Å²) in [5.74, 6) is 0.799. The molecule has 1 unspecified atom stereocenters. The van der Waals surface area contributed by atoms with Gasteiger partial charge in [0.1, 0.15) is 18.9 Å². The zero-order valence-electron chi connectivity index (χ0n) is 15.7. The molecule has 0 radical (unpaired) electrons. The second-order valence-corrected chi connectivity index (χ2v) is 7.68. The second kappa shape index (κ2) is 9.35. The molecule has 1 aromatic heterocycles. The molecular weight excluding hydrogens is 356 g/mol. The third kappa shape index (κ3) is 5.94. The molecule has 1 amide bonds. The van der Waals surface area contributed by atoms with Gasteiger partial charge in [0, 0.05) is 5.69 Å². The van der Waals surface area contributed by atoms with Gasteiger partial charge in [-0.3, -0.25) is 4.79 Å². The molecule has 0 spiro atoms. The fourth-order valence-electron chi connectivity index (χ4n) is 2.78. The van der Waals surface area contributed by atoms with Crippen molar-refractivity contribution in [2.24, 2.45) is 0 Å². The summed E-state index contributed by atoms with van der Waals surface area (Å²) in [5, 5.41) is 5.05. The average molecular weight is 382 g/mol. The molecule has 0 bridgehead atoms. The summed E-state index contributed by atoms with van der Waals surface area (Å²) >= 11 is 1.75.